The van der Waals surface area contributed by atoms with Gasteiger partial charge in [0.25, 0.3) is 5.91 Å². The molecule has 1 N–H and O–H groups in total. The number of amides is 2. The molecule has 0 saturated heterocycles. The van der Waals surface area contributed by atoms with Crippen LogP contribution in [0.5, 0.6) is 0 Å². The third-order valence-electron chi connectivity index (χ3n) is 4.93. The average molecular weight is 337 g/mol. The second-order valence-electron chi connectivity index (χ2n) is 6.57. The molecule has 0 aliphatic heterocycles. The number of carbonyl (C=O) groups is 2. The first kappa shape index (κ1) is 17.2. The number of benzene rings is 2. The number of carbonyl (C=O) groups excluding carboxylic acids is 1. The van der Waals surface area contributed by atoms with E-state index in [1.807, 2.05) is 18.2 Å². The van der Waals surface area contributed by atoms with E-state index in [1.54, 1.807) is 30.3 Å². The van der Waals surface area contributed by atoms with Crippen molar-refractivity contribution in [2.45, 2.75) is 44.6 Å². The Balaban J connectivity index is 1.86. The van der Waals surface area contributed by atoms with Crippen LogP contribution < -0.4 is 0 Å². The minimum atomic E-state index is -1.22. The molecule has 25 heavy (non-hydrogen) atoms. The lowest BCUT2D eigenvalue weighted by molar-refractivity contribution is 0.0729. The van der Waals surface area contributed by atoms with E-state index in [0.717, 1.165) is 23.3 Å². The molecule has 3 rings (SSSR count). The van der Waals surface area contributed by atoms with Gasteiger partial charge in [0.1, 0.15) is 0 Å². The minimum Gasteiger partial charge on any atom is -0.465 e. The van der Waals surface area contributed by atoms with E-state index >= 15 is 0 Å². The van der Waals surface area contributed by atoms with Gasteiger partial charge in [-0.2, -0.15) is 0 Å². The van der Waals surface area contributed by atoms with Crippen LogP contribution in [0.2, 0.25) is 0 Å². The maximum atomic E-state index is 12.6. The zero-order chi connectivity index (χ0) is 17.6. The fraction of sp³-hybridized carbons (Fsp3) is 0.333. The van der Waals surface area contributed by atoms with E-state index in [-0.39, 0.29) is 6.54 Å². The van der Waals surface area contributed by atoms with Crippen LogP contribution in [0.3, 0.4) is 0 Å². The van der Waals surface area contributed by atoms with Crippen molar-refractivity contribution < 1.29 is 14.7 Å². The predicted molar refractivity (Wildman–Crippen MR) is 96.6 cm³/mol. The fourth-order valence-electron chi connectivity index (χ4n) is 3.62. The highest BCUT2D eigenvalue weighted by Crippen LogP contribution is 2.34. The van der Waals surface area contributed by atoms with E-state index in [0.29, 0.717) is 11.5 Å². The van der Waals surface area contributed by atoms with Crippen LogP contribution in [-0.4, -0.2) is 22.0 Å². The van der Waals surface area contributed by atoms with E-state index in [2.05, 4.69) is 6.07 Å². The summed E-state index contributed by atoms with van der Waals surface area (Å²) in [5.41, 5.74) is 2.51. The van der Waals surface area contributed by atoms with Crippen LogP contribution in [-0.2, 0) is 6.54 Å². The molecule has 0 bridgehead atoms. The lowest BCUT2D eigenvalue weighted by Crippen LogP contribution is -2.35. The summed E-state index contributed by atoms with van der Waals surface area (Å²) in [6.07, 6.45) is 4.75. The van der Waals surface area contributed by atoms with Gasteiger partial charge in [0, 0.05) is 5.56 Å². The molecule has 0 aromatic heterocycles. The fourth-order valence-corrected chi connectivity index (χ4v) is 3.62. The summed E-state index contributed by atoms with van der Waals surface area (Å²) in [7, 11) is 0. The third-order valence-corrected chi connectivity index (χ3v) is 4.93. The molecule has 2 amide bonds. The van der Waals surface area contributed by atoms with E-state index in [4.69, 9.17) is 0 Å². The van der Waals surface area contributed by atoms with Gasteiger partial charge in [-0.25, -0.2) is 9.69 Å². The molecule has 0 heterocycles. The van der Waals surface area contributed by atoms with Crippen LogP contribution in [0.15, 0.2) is 54.6 Å². The van der Waals surface area contributed by atoms with E-state index in [1.165, 1.54) is 24.8 Å². The summed E-state index contributed by atoms with van der Waals surface area (Å²) >= 11 is 0. The lowest BCUT2D eigenvalue weighted by Gasteiger charge is -2.26. The largest absolute Gasteiger partial charge is 0.465 e. The van der Waals surface area contributed by atoms with Gasteiger partial charge in [-0.1, -0.05) is 61.7 Å². The molecule has 2 aromatic carbocycles. The quantitative estimate of drug-likeness (QED) is 0.849. The van der Waals surface area contributed by atoms with Crippen LogP contribution >= 0.6 is 0 Å². The van der Waals surface area contributed by atoms with Gasteiger partial charge < -0.3 is 5.11 Å². The minimum absolute atomic E-state index is 0.0930. The van der Waals surface area contributed by atoms with Crippen molar-refractivity contribution in [2.75, 3.05) is 0 Å². The number of rotatable bonds is 4. The summed E-state index contributed by atoms with van der Waals surface area (Å²) in [5, 5.41) is 9.57. The molecule has 1 saturated carbocycles. The smallest absolute Gasteiger partial charge is 0.414 e. The normalized spacial score (nSPS) is 14.9. The monoisotopic (exact) mass is 337 g/mol. The van der Waals surface area contributed by atoms with Crippen molar-refractivity contribution in [2.24, 2.45) is 0 Å². The number of nitrogens with zero attached hydrogens (tertiary/aromatic N) is 1. The molecule has 1 aliphatic carbocycles. The first-order chi connectivity index (χ1) is 12.2. The molecule has 0 unspecified atom stereocenters. The summed E-state index contributed by atoms with van der Waals surface area (Å²) < 4.78 is 0. The maximum absolute atomic E-state index is 12.6. The highest BCUT2D eigenvalue weighted by molar-refractivity contribution is 6.02. The molecule has 1 aliphatic rings. The number of hydrogen-bond donors (Lipinski definition) is 1. The van der Waals surface area contributed by atoms with Gasteiger partial charge in [-0.05, 0) is 42.0 Å². The van der Waals surface area contributed by atoms with Crippen LogP contribution in [0.4, 0.5) is 4.79 Å². The molecule has 4 heteroatoms. The molecule has 130 valence electrons. The van der Waals surface area contributed by atoms with Crippen LogP contribution in [0, 0.1) is 0 Å². The van der Waals surface area contributed by atoms with Gasteiger partial charge in [0.2, 0.25) is 0 Å². The Labute approximate surface area is 148 Å². The van der Waals surface area contributed by atoms with Gasteiger partial charge in [-0.15, -0.1) is 0 Å². The van der Waals surface area contributed by atoms with Gasteiger partial charge in [-0.3, -0.25) is 4.79 Å². The first-order valence-electron chi connectivity index (χ1n) is 8.84. The Morgan fingerprint density at radius 1 is 0.920 bits per heavy atom. The van der Waals surface area contributed by atoms with Crippen molar-refractivity contribution in [1.29, 1.82) is 0 Å². The average Bonchev–Trinajstić information content (AvgIpc) is 2.67. The summed E-state index contributed by atoms with van der Waals surface area (Å²) in [6, 6.07) is 16.5. The third kappa shape index (κ3) is 4.08. The molecule has 1 fully saturated rings. The zero-order valence-electron chi connectivity index (χ0n) is 14.2. The molecular formula is C21H23NO3. The highest BCUT2D eigenvalue weighted by atomic mass is 16.4. The van der Waals surface area contributed by atoms with Crippen molar-refractivity contribution >= 4 is 12.0 Å². The number of hydrogen-bond acceptors (Lipinski definition) is 2. The molecule has 4 nitrogen and oxygen atoms in total. The molecule has 0 radical (unpaired) electrons. The lowest BCUT2D eigenvalue weighted by atomic mass is 9.82. The number of imide groups is 1. The van der Waals surface area contributed by atoms with Gasteiger partial charge >= 0.3 is 6.09 Å². The zero-order valence-corrected chi connectivity index (χ0v) is 14.2. The Hall–Kier alpha value is -2.62. The van der Waals surface area contributed by atoms with Crippen LogP contribution in [0.25, 0.3) is 0 Å². The van der Waals surface area contributed by atoms with Crippen molar-refractivity contribution in [3.8, 4) is 0 Å². The Kier molecular flexibility index (Phi) is 5.49. The van der Waals surface area contributed by atoms with E-state index in [9.17, 15) is 14.7 Å². The molecule has 0 spiro atoms. The maximum Gasteiger partial charge on any atom is 0.414 e. The van der Waals surface area contributed by atoms with Crippen molar-refractivity contribution in [1.82, 2.24) is 4.90 Å². The first-order valence-corrected chi connectivity index (χ1v) is 8.84. The molecular weight excluding hydrogens is 314 g/mol. The summed E-state index contributed by atoms with van der Waals surface area (Å²) in [6.45, 7) is 0.0930. The Morgan fingerprint density at radius 3 is 2.24 bits per heavy atom. The Morgan fingerprint density at radius 2 is 1.56 bits per heavy atom. The Bertz CT molecular complexity index is 736. The van der Waals surface area contributed by atoms with Gasteiger partial charge in [0.05, 0.1) is 6.54 Å². The second kappa shape index (κ2) is 7.97. The van der Waals surface area contributed by atoms with Crippen molar-refractivity contribution in [3.05, 3.63) is 71.3 Å². The number of carboxylic acid groups (broad SMARTS) is 1. The van der Waals surface area contributed by atoms with E-state index < -0.39 is 12.0 Å². The van der Waals surface area contributed by atoms with Crippen LogP contribution in [0.1, 0.15) is 59.5 Å². The second-order valence-corrected chi connectivity index (χ2v) is 6.57. The summed E-state index contributed by atoms with van der Waals surface area (Å²) in [4.78, 5) is 25.2. The molecule has 0 atom stereocenters. The summed E-state index contributed by atoms with van der Waals surface area (Å²) in [5.74, 6) is -0.0148. The van der Waals surface area contributed by atoms with Crippen molar-refractivity contribution in [3.63, 3.8) is 0 Å². The molecule has 2 aromatic rings. The van der Waals surface area contributed by atoms with Gasteiger partial charge in [0.15, 0.2) is 0 Å². The standard InChI is InChI=1S/C21H23NO3/c23-20(17-11-5-2-6-12-17)22(21(24)25)15-18-13-7-8-14-19(18)16-9-3-1-4-10-16/h2,5-8,11-14,16H,1,3-4,9-10,15H2,(H,24,25). The predicted octanol–water partition coefficient (Wildman–Crippen LogP) is 5.05. The SMILES string of the molecule is O=C(O)N(Cc1ccccc1C1CCCCC1)C(=O)c1ccccc1. The topological polar surface area (TPSA) is 57.6 Å². The highest BCUT2D eigenvalue weighted by Gasteiger charge is 2.25.